The molecule has 1 aliphatic carbocycles. The van der Waals surface area contributed by atoms with Crippen molar-refractivity contribution in [2.75, 3.05) is 0 Å². The third-order valence-electron chi connectivity index (χ3n) is 6.21. The van der Waals surface area contributed by atoms with Crippen molar-refractivity contribution >= 4 is 5.57 Å². The summed E-state index contributed by atoms with van der Waals surface area (Å²) in [6, 6.07) is 17.7. The van der Waals surface area contributed by atoms with Gasteiger partial charge in [0, 0.05) is 0 Å². The minimum atomic E-state index is 0.278. The van der Waals surface area contributed by atoms with Gasteiger partial charge in [-0.05, 0) is 72.9 Å². The Hall–Kier alpha value is -2.02. The summed E-state index contributed by atoms with van der Waals surface area (Å²) in [6.45, 7) is 6.63. The summed E-state index contributed by atoms with van der Waals surface area (Å²) in [6.07, 6.45) is 14.4. The van der Waals surface area contributed by atoms with Crippen LogP contribution in [0, 0.1) is 5.92 Å². The Morgan fingerprint density at radius 3 is 2.10 bits per heavy atom. The van der Waals surface area contributed by atoms with Crippen LogP contribution in [0.3, 0.4) is 0 Å². The van der Waals surface area contributed by atoms with Gasteiger partial charge in [-0.25, -0.2) is 0 Å². The molecule has 2 aromatic rings. The van der Waals surface area contributed by atoms with Gasteiger partial charge in [-0.2, -0.15) is 0 Å². The second kappa shape index (κ2) is 11.2. The minimum absolute atomic E-state index is 0.278. The summed E-state index contributed by atoms with van der Waals surface area (Å²) in [4.78, 5) is 0. The molecule has 0 bridgehead atoms. The van der Waals surface area contributed by atoms with Gasteiger partial charge in [0.15, 0.2) is 0 Å². The fourth-order valence-electron chi connectivity index (χ4n) is 4.40. The maximum Gasteiger partial charge on any atom is 0.119 e. The third-order valence-corrected chi connectivity index (χ3v) is 6.21. The fourth-order valence-corrected chi connectivity index (χ4v) is 4.40. The Balaban J connectivity index is 1.57. The van der Waals surface area contributed by atoms with Crippen LogP contribution in [0.4, 0.5) is 0 Å². The molecule has 0 aromatic heterocycles. The predicted molar refractivity (Wildman–Crippen MR) is 126 cm³/mol. The van der Waals surface area contributed by atoms with E-state index in [1.54, 1.807) is 0 Å². The molecule has 0 heterocycles. The monoisotopic (exact) mass is 390 g/mol. The van der Waals surface area contributed by atoms with Gasteiger partial charge in [0.2, 0.25) is 0 Å². The maximum absolute atomic E-state index is 5.98. The topological polar surface area (TPSA) is 9.23 Å². The second-order valence-electron chi connectivity index (χ2n) is 8.68. The largest absolute Gasteiger partial charge is 0.491 e. The summed E-state index contributed by atoms with van der Waals surface area (Å²) in [5.74, 6) is 1.87. The lowest BCUT2D eigenvalue weighted by Crippen LogP contribution is -2.10. The highest BCUT2D eigenvalue weighted by Crippen LogP contribution is 2.33. The Morgan fingerprint density at radius 2 is 1.52 bits per heavy atom. The van der Waals surface area contributed by atoms with Crippen LogP contribution in [0.5, 0.6) is 5.75 Å². The molecule has 0 aliphatic heterocycles. The molecule has 0 amide bonds. The molecule has 2 unspecified atom stereocenters. The zero-order valence-electron chi connectivity index (χ0n) is 18.6. The molecule has 2 aromatic carbocycles. The van der Waals surface area contributed by atoms with Crippen molar-refractivity contribution in [3.05, 3.63) is 60.2 Å². The number of hydrogen-bond donors (Lipinski definition) is 0. The van der Waals surface area contributed by atoms with Crippen LogP contribution in [-0.4, -0.2) is 6.10 Å². The van der Waals surface area contributed by atoms with Gasteiger partial charge in [-0.1, -0.05) is 88.4 Å². The zero-order chi connectivity index (χ0) is 20.5. The minimum Gasteiger partial charge on any atom is -0.491 e. The molecule has 29 heavy (non-hydrogen) atoms. The molecule has 0 saturated carbocycles. The zero-order valence-corrected chi connectivity index (χ0v) is 18.6. The van der Waals surface area contributed by atoms with Crippen LogP contribution in [0.25, 0.3) is 16.7 Å². The van der Waals surface area contributed by atoms with E-state index in [1.165, 1.54) is 67.2 Å². The summed E-state index contributed by atoms with van der Waals surface area (Å²) >= 11 is 0. The van der Waals surface area contributed by atoms with E-state index in [1.807, 2.05) is 0 Å². The average Bonchev–Trinajstić information content (AvgIpc) is 2.75. The first-order valence-electron chi connectivity index (χ1n) is 11.8. The first-order chi connectivity index (χ1) is 14.2. The Kier molecular flexibility index (Phi) is 8.40. The fraction of sp³-hybridized carbons (Fsp3) is 0.500. The Labute approximate surface area is 178 Å². The Bertz CT molecular complexity index is 754. The molecule has 1 aliphatic rings. The van der Waals surface area contributed by atoms with E-state index in [0.29, 0.717) is 0 Å². The molecule has 0 radical (unpaired) electrons. The summed E-state index contributed by atoms with van der Waals surface area (Å²) < 4.78 is 5.98. The lowest BCUT2D eigenvalue weighted by molar-refractivity contribution is 0.210. The second-order valence-corrected chi connectivity index (χ2v) is 8.68. The van der Waals surface area contributed by atoms with Crippen molar-refractivity contribution in [2.24, 2.45) is 5.92 Å². The predicted octanol–water partition coefficient (Wildman–Crippen LogP) is 8.68. The highest BCUT2D eigenvalue weighted by molar-refractivity contribution is 5.71. The van der Waals surface area contributed by atoms with Gasteiger partial charge in [0.25, 0.3) is 0 Å². The van der Waals surface area contributed by atoms with E-state index < -0.39 is 0 Å². The van der Waals surface area contributed by atoms with Crippen LogP contribution in [0.15, 0.2) is 54.6 Å². The quantitative estimate of drug-likeness (QED) is 0.369. The highest BCUT2D eigenvalue weighted by atomic mass is 16.5. The molecular weight excluding hydrogens is 352 g/mol. The maximum atomic E-state index is 5.98. The van der Waals surface area contributed by atoms with E-state index in [-0.39, 0.29) is 6.10 Å². The smallest absolute Gasteiger partial charge is 0.119 e. The van der Waals surface area contributed by atoms with Crippen LogP contribution < -0.4 is 4.74 Å². The number of rotatable bonds is 10. The number of benzene rings is 2. The van der Waals surface area contributed by atoms with E-state index in [9.17, 15) is 0 Å². The van der Waals surface area contributed by atoms with E-state index in [4.69, 9.17) is 4.74 Å². The van der Waals surface area contributed by atoms with E-state index in [2.05, 4.69) is 75.4 Å². The molecule has 3 rings (SSSR count). The van der Waals surface area contributed by atoms with Crippen LogP contribution in [-0.2, 0) is 0 Å². The average molecular weight is 391 g/mol. The summed E-state index contributed by atoms with van der Waals surface area (Å²) in [5, 5.41) is 0. The summed E-state index contributed by atoms with van der Waals surface area (Å²) in [5.41, 5.74) is 5.46. The molecule has 2 atom stereocenters. The van der Waals surface area contributed by atoms with Gasteiger partial charge in [0.1, 0.15) is 5.75 Å². The third kappa shape index (κ3) is 6.49. The lowest BCUT2D eigenvalue weighted by Gasteiger charge is -2.22. The molecule has 156 valence electrons. The SMILES string of the molecule is CCCCCC1CC=C(c2ccc(-c3ccc(OC(C)CCC)cc3)cc2)CC1. The van der Waals surface area contributed by atoms with Gasteiger partial charge in [-0.3, -0.25) is 0 Å². The molecule has 0 spiro atoms. The highest BCUT2D eigenvalue weighted by Gasteiger charge is 2.15. The molecule has 0 saturated heterocycles. The van der Waals surface area contributed by atoms with Crippen LogP contribution >= 0.6 is 0 Å². The van der Waals surface area contributed by atoms with Gasteiger partial charge in [0.05, 0.1) is 6.10 Å². The van der Waals surface area contributed by atoms with E-state index >= 15 is 0 Å². The number of allylic oxidation sites excluding steroid dienone is 2. The molecule has 0 N–H and O–H groups in total. The number of hydrogen-bond acceptors (Lipinski definition) is 1. The van der Waals surface area contributed by atoms with Crippen LogP contribution in [0.2, 0.25) is 0 Å². The number of ether oxygens (including phenoxy) is 1. The van der Waals surface area contributed by atoms with Crippen molar-refractivity contribution < 1.29 is 4.74 Å². The van der Waals surface area contributed by atoms with Crippen molar-refractivity contribution in [3.63, 3.8) is 0 Å². The van der Waals surface area contributed by atoms with Crippen molar-refractivity contribution in [1.82, 2.24) is 0 Å². The Morgan fingerprint density at radius 1 is 0.862 bits per heavy atom. The molecule has 1 nitrogen and oxygen atoms in total. The van der Waals surface area contributed by atoms with Crippen molar-refractivity contribution in [2.45, 2.75) is 84.7 Å². The standard InChI is InChI=1S/C28H38O/c1-4-6-7-9-23-10-12-24(13-11-23)25-14-16-26(17-15-25)27-18-20-28(21-19-27)29-22(3)8-5-2/h12,14-23H,4-11,13H2,1-3H3. The summed E-state index contributed by atoms with van der Waals surface area (Å²) in [7, 11) is 0. The molecular formula is C28H38O. The van der Waals surface area contributed by atoms with Crippen molar-refractivity contribution in [1.29, 1.82) is 0 Å². The van der Waals surface area contributed by atoms with Crippen molar-refractivity contribution in [3.8, 4) is 16.9 Å². The van der Waals surface area contributed by atoms with Gasteiger partial charge in [-0.15, -0.1) is 0 Å². The first-order valence-corrected chi connectivity index (χ1v) is 11.8. The molecule has 1 heteroatoms. The van der Waals surface area contributed by atoms with Gasteiger partial charge < -0.3 is 4.74 Å². The van der Waals surface area contributed by atoms with Gasteiger partial charge >= 0.3 is 0 Å². The lowest BCUT2D eigenvalue weighted by atomic mass is 9.83. The van der Waals surface area contributed by atoms with Crippen LogP contribution in [0.1, 0.15) is 84.1 Å². The van der Waals surface area contributed by atoms with E-state index in [0.717, 1.165) is 24.5 Å². The number of unbranched alkanes of at least 4 members (excludes halogenated alkanes) is 2. The normalized spacial score (nSPS) is 17.6. The molecule has 0 fully saturated rings. The first kappa shape index (κ1) is 21.7.